The highest BCUT2D eigenvalue weighted by Gasteiger charge is 2.37. The number of aromatic hydroxyl groups is 1. The van der Waals surface area contributed by atoms with Gasteiger partial charge in [-0.3, -0.25) is 25.2 Å². The third kappa shape index (κ3) is 3.92. The second-order valence-electron chi connectivity index (χ2n) is 6.01. The zero-order valence-corrected chi connectivity index (χ0v) is 13.5. The van der Waals surface area contributed by atoms with Gasteiger partial charge in [-0.05, 0) is 44.9 Å². The number of rotatable bonds is 3. The van der Waals surface area contributed by atoms with Gasteiger partial charge in [-0.25, -0.2) is 0 Å². The second-order valence-corrected chi connectivity index (χ2v) is 6.01. The zero-order chi connectivity index (χ0) is 17.9. The SMILES string of the molecule is CC1=C(C)C[C@@H](C(=O)NNC(=O)c2cccc(O)c2)[C@@H](C(=O)O)C1. The minimum absolute atomic E-state index is 0.0663. The summed E-state index contributed by atoms with van der Waals surface area (Å²) in [7, 11) is 0. The molecule has 1 aromatic rings. The number of phenolic OH excluding ortho intramolecular Hbond substituents is 1. The number of phenols is 1. The van der Waals surface area contributed by atoms with Crippen LogP contribution in [0.1, 0.15) is 37.0 Å². The zero-order valence-electron chi connectivity index (χ0n) is 13.5. The molecule has 0 saturated heterocycles. The van der Waals surface area contributed by atoms with Crippen LogP contribution in [0.2, 0.25) is 0 Å². The first-order valence-corrected chi connectivity index (χ1v) is 7.57. The molecule has 7 heteroatoms. The summed E-state index contributed by atoms with van der Waals surface area (Å²) < 4.78 is 0. The molecule has 0 aliphatic heterocycles. The molecule has 7 nitrogen and oxygen atoms in total. The molecule has 0 fully saturated rings. The Hall–Kier alpha value is -2.83. The van der Waals surface area contributed by atoms with E-state index in [2.05, 4.69) is 10.9 Å². The van der Waals surface area contributed by atoms with E-state index in [9.17, 15) is 24.6 Å². The van der Waals surface area contributed by atoms with Crippen LogP contribution in [0.25, 0.3) is 0 Å². The molecule has 0 unspecified atom stereocenters. The average Bonchev–Trinajstić information content (AvgIpc) is 2.54. The van der Waals surface area contributed by atoms with Crippen molar-refractivity contribution in [2.45, 2.75) is 26.7 Å². The van der Waals surface area contributed by atoms with Gasteiger partial charge in [0.2, 0.25) is 5.91 Å². The molecule has 0 radical (unpaired) electrons. The van der Waals surface area contributed by atoms with Gasteiger partial charge in [0.15, 0.2) is 0 Å². The van der Waals surface area contributed by atoms with Crippen LogP contribution < -0.4 is 10.9 Å². The van der Waals surface area contributed by atoms with Crippen molar-refractivity contribution in [2.75, 3.05) is 0 Å². The normalized spacial score (nSPS) is 20.4. The fourth-order valence-corrected chi connectivity index (χ4v) is 2.76. The number of allylic oxidation sites excluding steroid dienone is 2. The maximum atomic E-state index is 12.3. The number of amides is 2. The summed E-state index contributed by atoms with van der Waals surface area (Å²) in [4.78, 5) is 35.7. The Bertz CT molecular complexity index is 711. The van der Waals surface area contributed by atoms with Crippen LogP contribution in [0.3, 0.4) is 0 Å². The molecule has 0 spiro atoms. The number of hydrazine groups is 1. The van der Waals surface area contributed by atoms with E-state index in [4.69, 9.17) is 0 Å². The van der Waals surface area contributed by atoms with Gasteiger partial charge >= 0.3 is 5.97 Å². The molecular formula is C17H20N2O5. The minimum atomic E-state index is -1.03. The first kappa shape index (κ1) is 17.5. The van der Waals surface area contributed by atoms with Gasteiger partial charge in [0, 0.05) is 5.56 Å². The van der Waals surface area contributed by atoms with Crippen molar-refractivity contribution in [3.05, 3.63) is 41.0 Å². The van der Waals surface area contributed by atoms with Crippen LogP contribution >= 0.6 is 0 Å². The molecule has 128 valence electrons. The molecule has 0 aromatic heterocycles. The van der Waals surface area contributed by atoms with Crippen molar-refractivity contribution < 1.29 is 24.6 Å². The molecule has 2 amide bonds. The number of nitrogens with one attached hydrogen (secondary N) is 2. The molecule has 0 bridgehead atoms. The number of carboxylic acids is 1. The Morgan fingerprint density at radius 2 is 1.67 bits per heavy atom. The lowest BCUT2D eigenvalue weighted by atomic mass is 9.76. The minimum Gasteiger partial charge on any atom is -0.508 e. The van der Waals surface area contributed by atoms with Gasteiger partial charge in [-0.15, -0.1) is 0 Å². The molecular weight excluding hydrogens is 312 g/mol. The molecule has 2 atom stereocenters. The molecule has 0 saturated carbocycles. The standard InChI is InChI=1S/C17H20N2O5/c1-9-6-13(14(17(23)24)7-10(9)2)16(22)19-18-15(21)11-4-3-5-12(20)8-11/h3-5,8,13-14,20H,6-7H2,1-2H3,(H,18,21)(H,19,22)(H,23,24)/t13-,14+/m1/s1. The van der Waals surface area contributed by atoms with Crippen molar-refractivity contribution in [1.82, 2.24) is 10.9 Å². The maximum absolute atomic E-state index is 12.3. The molecule has 24 heavy (non-hydrogen) atoms. The highest BCUT2D eigenvalue weighted by atomic mass is 16.4. The van der Waals surface area contributed by atoms with Crippen molar-refractivity contribution >= 4 is 17.8 Å². The smallest absolute Gasteiger partial charge is 0.307 e. The van der Waals surface area contributed by atoms with E-state index >= 15 is 0 Å². The predicted molar refractivity (Wildman–Crippen MR) is 85.9 cm³/mol. The highest BCUT2D eigenvalue weighted by molar-refractivity contribution is 5.96. The first-order valence-electron chi connectivity index (χ1n) is 7.57. The Balaban J connectivity index is 2.03. The number of carbonyl (C=O) groups is 3. The summed E-state index contributed by atoms with van der Waals surface area (Å²) >= 11 is 0. The Labute approximate surface area is 139 Å². The second kappa shape index (κ2) is 7.16. The maximum Gasteiger partial charge on any atom is 0.307 e. The van der Waals surface area contributed by atoms with Crippen LogP contribution in [0.15, 0.2) is 35.4 Å². The van der Waals surface area contributed by atoms with E-state index in [0.717, 1.165) is 11.1 Å². The number of carboxylic acid groups (broad SMARTS) is 1. The molecule has 4 N–H and O–H groups in total. The first-order chi connectivity index (χ1) is 11.3. The van der Waals surface area contributed by atoms with Crippen LogP contribution in [-0.2, 0) is 9.59 Å². The summed E-state index contributed by atoms with van der Waals surface area (Å²) in [6, 6.07) is 5.67. The number of benzene rings is 1. The molecule has 1 aromatic carbocycles. The van der Waals surface area contributed by atoms with Crippen molar-refractivity contribution in [3.8, 4) is 5.75 Å². The van der Waals surface area contributed by atoms with E-state index in [1.807, 2.05) is 13.8 Å². The van der Waals surface area contributed by atoms with Crippen molar-refractivity contribution in [3.63, 3.8) is 0 Å². The number of hydrogen-bond donors (Lipinski definition) is 4. The van der Waals surface area contributed by atoms with Crippen molar-refractivity contribution in [1.29, 1.82) is 0 Å². The Morgan fingerprint density at radius 1 is 1.04 bits per heavy atom. The molecule has 1 aliphatic carbocycles. The lowest BCUT2D eigenvalue weighted by Gasteiger charge is -2.29. The van der Waals surface area contributed by atoms with Crippen LogP contribution in [0, 0.1) is 11.8 Å². The lowest BCUT2D eigenvalue weighted by Crippen LogP contribution is -2.48. The van der Waals surface area contributed by atoms with Crippen LogP contribution in [0.4, 0.5) is 0 Å². The van der Waals surface area contributed by atoms with Gasteiger partial charge in [0.25, 0.3) is 5.91 Å². The fraction of sp³-hybridized carbons (Fsp3) is 0.353. The summed E-state index contributed by atoms with van der Waals surface area (Å²) in [6.45, 7) is 3.74. The topological polar surface area (TPSA) is 116 Å². The quantitative estimate of drug-likeness (QED) is 0.496. The Morgan fingerprint density at radius 3 is 2.25 bits per heavy atom. The third-order valence-corrected chi connectivity index (χ3v) is 4.33. The van der Waals surface area contributed by atoms with E-state index in [-0.39, 0.29) is 11.3 Å². The fourth-order valence-electron chi connectivity index (χ4n) is 2.76. The molecule has 2 rings (SSSR count). The summed E-state index contributed by atoms with van der Waals surface area (Å²) in [6.07, 6.45) is 0.663. The summed E-state index contributed by atoms with van der Waals surface area (Å²) in [5.74, 6) is -3.78. The number of carbonyl (C=O) groups excluding carboxylic acids is 2. The largest absolute Gasteiger partial charge is 0.508 e. The monoisotopic (exact) mass is 332 g/mol. The number of aliphatic carboxylic acids is 1. The number of hydrogen-bond acceptors (Lipinski definition) is 4. The summed E-state index contributed by atoms with van der Waals surface area (Å²) in [5.41, 5.74) is 6.69. The summed E-state index contributed by atoms with van der Waals surface area (Å²) in [5, 5.41) is 18.7. The van der Waals surface area contributed by atoms with Gasteiger partial charge < -0.3 is 10.2 Å². The predicted octanol–water partition coefficient (Wildman–Crippen LogP) is 1.60. The van der Waals surface area contributed by atoms with E-state index < -0.39 is 29.6 Å². The lowest BCUT2D eigenvalue weighted by molar-refractivity contribution is -0.147. The van der Waals surface area contributed by atoms with Gasteiger partial charge in [0.1, 0.15) is 5.75 Å². The highest BCUT2D eigenvalue weighted by Crippen LogP contribution is 2.34. The Kier molecular flexibility index (Phi) is 5.23. The van der Waals surface area contributed by atoms with Crippen LogP contribution in [-0.4, -0.2) is 28.0 Å². The molecule has 0 heterocycles. The third-order valence-electron chi connectivity index (χ3n) is 4.33. The van der Waals surface area contributed by atoms with Gasteiger partial charge in [-0.1, -0.05) is 17.2 Å². The molecule has 1 aliphatic rings. The van der Waals surface area contributed by atoms with Crippen molar-refractivity contribution in [2.24, 2.45) is 11.8 Å². The van der Waals surface area contributed by atoms with E-state index in [0.29, 0.717) is 12.8 Å². The van der Waals surface area contributed by atoms with Gasteiger partial charge in [0.05, 0.1) is 11.8 Å². The van der Waals surface area contributed by atoms with E-state index in [1.54, 1.807) is 0 Å². The van der Waals surface area contributed by atoms with Crippen LogP contribution in [0.5, 0.6) is 5.75 Å². The average molecular weight is 332 g/mol. The van der Waals surface area contributed by atoms with E-state index in [1.165, 1.54) is 24.3 Å². The van der Waals surface area contributed by atoms with Gasteiger partial charge in [-0.2, -0.15) is 0 Å².